The number of halogens is 3. The number of benzene rings is 1. The standard InChI is InChI=1S/C13H12F3N3O/c1-8-6-12(18-7-9(8)17)19-10-4-2-3-5-11(10)20-13(14,15)16/h2-7H,17H2,1H3,(H,18,19). The van der Waals surface area contributed by atoms with Gasteiger partial charge in [-0.3, -0.25) is 0 Å². The third-order valence-electron chi connectivity index (χ3n) is 2.53. The number of nitrogens with one attached hydrogen (secondary N) is 1. The second kappa shape index (κ2) is 5.28. The summed E-state index contributed by atoms with van der Waals surface area (Å²) in [6.45, 7) is 1.78. The van der Waals surface area contributed by atoms with Gasteiger partial charge in [0, 0.05) is 0 Å². The molecule has 1 aromatic heterocycles. The molecule has 20 heavy (non-hydrogen) atoms. The molecule has 1 aromatic carbocycles. The molecule has 0 atom stereocenters. The highest BCUT2D eigenvalue weighted by molar-refractivity contribution is 5.65. The first kappa shape index (κ1) is 14.0. The average Bonchev–Trinajstić information content (AvgIpc) is 2.34. The number of pyridine rings is 1. The Labute approximate surface area is 113 Å². The Hall–Kier alpha value is -2.44. The van der Waals surface area contributed by atoms with Crippen LogP contribution in [0.25, 0.3) is 0 Å². The summed E-state index contributed by atoms with van der Waals surface area (Å²) in [5.74, 6) is 0.0613. The van der Waals surface area contributed by atoms with E-state index in [0.717, 1.165) is 5.56 Å². The Bertz CT molecular complexity index is 614. The van der Waals surface area contributed by atoms with Crippen LogP contribution in [0.5, 0.6) is 5.75 Å². The number of hydrogen-bond acceptors (Lipinski definition) is 4. The van der Waals surface area contributed by atoms with Crippen molar-refractivity contribution in [2.45, 2.75) is 13.3 Å². The minimum Gasteiger partial charge on any atom is -0.404 e. The van der Waals surface area contributed by atoms with Crippen LogP contribution in [0.4, 0.5) is 30.4 Å². The predicted octanol–water partition coefficient (Wildman–Crippen LogP) is 3.61. The van der Waals surface area contributed by atoms with Gasteiger partial charge in [-0.2, -0.15) is 0 Å². The highest BCUT2D eigenvalue weighted by Crippen LogP contribution is 2.31. The molecule has 0 aliphatic heterocycles. The number of alkyl halides is 3. The van der Waals surface area contributed by atoms with Crippen molar-refractivity contribution < 1.29 is 17.9 Å². The van der Waals surface area contributed by atoms with Crippen LogP contribution >= 0.6 is 0 Å². The first-order valence-corrected chi connectivity index (χ1v) is 5.69. The molecule has 0 unspecified atom stereocenters. The Balaban J connectivity index is 2.27. The number of nitrogens with zero attached hydrogens (tertiary/aromatic N) is 1. The monoisotopic (exact) mass is 283 g/mol. The first-order valence-electron chi connectivity index (χ1n) is 5.69. The lowest BCUT2D eigenvalue weighted by Gasteiger charge is -2.14. The maximum Gasteiger partial charge on any atom is 0.573 e. The Morgan fingerprint density at radius 1 is 1.25 bits per heavy atom. The van der Waals surface area contributed by atoms with Crippen LogP contribution in [0.2, 0.25) is 0 Å². The van der Waals surface area contributed by atoms with Gasteiger partial charge in [0.15, 0.2) is 5.75 Å². The van der Waals surface area contributed by atoms with Crippen LogP contribution in [0, 0.1) is 6.92 Å². The largest absolute Gasteiger partial charge is 0.573 e. The van der Waals surface area contributed by atoms with Gasteiger partial charge in [-0.25, -0.2) is 4.98 Å². The number of aromatic nitrogens is 1. The van der Waals surface area contributed by atoms with Gasteiger partial charge in [0.25, 0.3) is 0 Å². The quantitative estimate of drug-likeness (QED) is 0.903. The molecule has 2 aromatic rings. The zero-order valence-electron chi connectivity index (χ0n) is 10.5. The van der Waals surface area contributed by atoms with Crippen LogP contribution in [0.15, 0.2) is 36.5 Å². The topological polar surface area (TPSA) is 60.2 Å². The third kappa shape index (κ3) is 3.53. The lowest BCUT2D eigenvalue weighted by Crippen LogP contribution is -2.17. The summed E-state index contributed by atoms with van der Waals surface area (Å²) < 4.78 is 40.8. The van der Waals surface area contributed by atoms with Crippen LogP contribution < -0.4 is 15.8 Å². The van der Waals surface area contributed by atoms with Crippen molar-refractivity contribution in [2.75, 3.05) is 11.1 Å². The van der Waals surface area contributed by atoms with Crippen LogP contribution in [0.1, 0.15) is 5.56 Å². The van der Waals surface area contributed by atoms with E-state index in [4.69, 9.17) is 5.73 Å². The van der Waals surface area contributed by atoms with E-state index in [-0.39, 0.29) is 11.4 Å². The Kier molecular flexibility index (Phi) is 3.69. The van der Waals surface area contributed by atoms with E-state index in [1.54, 1.807) is 19.1 Å². The molecule has 0 amide bonds. The van der Waals surface area contributed by atoms with Crippen LogP contribution in [0.3, 0.4) is 0 Å². The van der Waals surface area contributed by atoms with Gasteiger partial charge in [-0.1, -0.05) is 12.1 Å². The molecular weight excluding hydrogens is 271 g/mol. The summed E-state index contributed by atoms with van der Waals surface area (Å²) in [6, 6.07) is 7.37. The van der Waals surface area contributed by atoms with Crippen LogP contribution in [-0.2, 0) is 0 Å². The van der Waals surface area contributed by atoms with Gasteiger partial charge >= 0.3 is 6.36 Å². The summed E-state index contributed by atoms with van der Waals surface area (Å²) in [5, 5.41) is 2.77. The number of hydrogen-bond donors (Lipinski definition) is 2. The zero-order valence-corrected chi connectivity index (χ0v) is 10.5. The van der Waals surface area contributed by atoms with Crippen molar-refractivity contribution in [3.05, 3.63) is 42.1 Å². The second-order valence-corrected chi connectivity index (χ2v) is 4.10. The zero-order chi connectivity index (χ0) is 14.8. The third-order valence-corrected chi connectivity index (χ3v) is 2.53. The number of rotatable bonds is 3. The molecule has 0 fully saturated rings. The molecular formula is C13H12F3N3O. The predicted molar refractivity (Wildman–Crippen MR) is 69.8 cm³/mol. The molecule has 0 spiro atoms. The number of para-hydroxylation sites is 2. The molecule has 0 aliphatic rings. The first-order chi connectivity index (χ1) is 9.35. The normalized spacial score (nSPS) is 11.2. The van der Waals surface area contributed by atoms with E-state index < -0.39 is 6.36 Å². The summed E-state index contributed by atoms with van der Waals surface area (Å²) in [5.41, 5.74) is 7.08. The smallest absolute Gasteiger partial charge is 0.404 e. The molecule has 2 rings (SSSR count). The van der Waals surface area contributed by atoms with Crippen molar-refractivity contribution in [2.24, 2.45) is 0 Å². The highest BCUT2D eigenvalue weighted by Gasteiger charge is 2.32. The summed E-state index contributed by atoms with van der Waals surface area (Å²) in [4.78, 5) is 4.00. The van der Waals surface area contributed by atoms with Gasteiger partial charge in [0.05, 0.1) is 17.6 Å². The molecule has 0 saturated carbocycles. The van der Waals surface area contributed by atoms with Crippen molar-refractivity contribution >= 4 is 17.2 Å². The summed E-state index contributed by atoms with van der Waals surface area (Å²) in [6.07, 6.45) is -3.31. The van der Waals surface area contributed by atoms with E-state index in [1.165, 1.54) is 24.4 Å². The van der Waals surface area contributed by atoms with Crippen LogP contribution in [-0.4, -0.2) is 11.3 Å². The second-order valence-electron chi connectivity index (χ2n) is 4.10. The summed E-state index contributed by atoms with van der Waals surface area (Å²) in [7, 11) is 0. The molecule has 0 saturated heterocycles. The number of nitrogen functional groups attached to an aromatic ring is 1. The van der Waals surface area contributed by atoms with Gasteiger partial charge in [-0.05, 0) is 30.7 Å². The lowest BCUT2D eigenvalue weighted by atomic mass is 10.2. The average molecular weight is 283 g/mol. The Morgan fingerprint density at radius 3 is 2.60 bits per heavy atom. The van der Waals surface area contributed by atoms with Crippen molar-refractivity contribution in [3.63, 3.8) is 0 Å². The van der Waals surface area contributed by atoms with Crippen molar-refractivity contribution in [3.8, 4) is 5.75 Å². The number of nitrogens with two attached hydrogens (primary N) is 1. The number of ether oxygens (including phenoxy) is 1. The van der Waals surface area contributed by atoms with Gasteiger partial charge in [0.2, 0.25) is 0 Å². The fourth-order valence-electron chi connectivity index (χ4n) is 1.56. The van der Waals surface area contributed by atoms with Gasteiger partial charge in [-0.15, -0.1) is 13.2 Å². The fourth-order valence-corrected chi connectivity index (χ4v) is 1.56. The van der Waals surface area contributed by atoms with Gasteiger partial charge < -0.3 is 15.8 Å². The summed E-state index contributed by atoms with van der Waals surface area (Å²) >= 11 is 0. The maximum atomic E-state index is 12.3. The van der Waals surface area contributed by atoms with Gasteiger partial charge in [0.1, 0.15) is 5.82 Å². The van der Waals surface area contributed by atoms with E-state index in [0.29, 0.717) is 11.5 Å². The lowest BCUT2D eigenvalue weighted by molar-refractivity contribution is -0.274. The molecule has 0 radical (unpaired) electrons. The van der Waals surface area contributed by atoms with E-state index >= 15 is 0 Å². The van der Waals surface area contributed by atoms with E-state index in [2.05, 4.69) is 15.0 Å². The molecule has 1 heterocycles. The molecule has 0 bridgehead atoms. The molecule has 0 aliphatic carbocycles. The SMILES string of the molecule is Cc1cc(Nc2ccccc2OC(F)(F)F)ncc1N. The minimum atomic E-state index is -4.75. The molecule has 7 heteroatoms. The number of anilines is 3. The van der Waals surface area contributed by atoms with E-state index in [9.17, 15) is 13.2 Å². The Morgan fingerprint density at radius 2 is 1.95 bits per heavy atom. The van der Waals surface area contributed by atoms with Crippen molar-refractivity contribution in [1.82, 2.24) is 4.98 Å². The number of aryl methyl sites for hydroxylation is 1. The molecule has 4 nitrogen and oxygen atoms in total. The van der Waals surface area contributed by atoms with Crippen molar-refractivity contribution in [1.29, 1.82) is 0 Å². The molecule has 3 N–H and O–H groups in total. The molecule has 106 valence electrons. The maximum absolute atomic E-state index is 12.3. The fraction of sp³-hybridized carbons (Fsp3) is 0.154. The highest BCUT2D eigenvalue weighted by atomic mass is 19.4. The van der Waals surface area contributed by atoms with E-state index in [1.807, 2.05) is 0 Å². The minimum absolute atomic E-state index is 0.168.